The number of hydrogen-bond donors (Lipinski definition) is 0. The first-order valence-corrected chi connectivity index (χ1v) is 19.8. The average Bonchev–Trinajstić information content (AvgIpc) is 3.76. The second-order valence-corrected chi connectivity index (χ2v) is 15.8. The van der Waals surface area contributed by atoms with Gasteiger partial charge in [0, 0.05) is 38.1 Å². The highest BCUT2D eigenvalue weighted by Crippen LogP contribution is 2.63. The van der Waals surface area contributed by atoms with Gasteiger partial charge in [-0.1, -0.05) is 170 Å². The number of nitrogens with zero attached hydrogens (tertiary/aromatic N) is 3. The number of rotatable bonds is 3. The van der Waals surface area contributed by atoms with Crippen LogP contribution in [0.3, 0.4) is 0 Å². The molecule has 0 radical (unpaired) electrons. The summed E-state index contributed by atoms with van der Waals surface area (Å²) in [6.07, 6.45) is 9.56. The first kappa shape index (κ1) is 30.9. The van der Waals surface area contributed by atoms with Gasteiger partial charge in [-0.05, 0) is 68.8 Å². The Morgan fingerprint density at radius 1 is 0.582 bits per heavy atom. The summed E-state index contributed by atoms with van der Waals surface area (Å²) in [6, 6.07) is 58.1. The monoisotopic (exact) mass is 719 g/mol. The van der Waals surface area contributed by atoms with Crippen LogP contribution in [0.2, 0.25) is 0 Å². The molecule has 9 aromatic rings. The lowest BCUT2D eigenvalue weighted by Gasteiger charge is -2.40. The molecule has 1 aliphatic heterocycles. The second kappa shape index (κ2) is 11.8. The Labute approximate surface area is 323 Å². The van der Waals surface area contributed by atoms with Crippen LogP contribution < -0.4 is 0 Å². The Bertz CT molecular complexity index is 3070. The average molecular weight is 720 g/mol. The van der Waals surface area contributed by atoms with Crippen LogP contribution >= 0.6 is 11.8 Å². The second-order valence-electron chi connectivity index (χ2n) is 14.8. The van der Waals surface area contributed by atoms with E-state index >= 15 is 0 Å². The fourth-order valence-corrected chi connectivity index (χ4v) is 11.0. The summed E-state index contributed by atoms with van der Waals surface area (Å²) in [4.78, 5) is 13.3. The summed E-state index contributed by atoms with van der Waals surface area (Å²) in [7, 11) is 0. The van der Waals surface area contributed by atoms with E-state index in [9.17, 15) is 0 Å². The highest BCUT2D eigenvalue weighted by atomic mass is 32.2. The summed E-state index contributed by atoms with van der Waals surface area (Å²) in [5, 5.41) is 5.00. The van der Waals surface area contributed by atoms with E-state index in [1.807, 2.05) is 11.8 Å². The van der Waals surface area contributed by atoms with Gasteiger partial charge in [0.05, 0.1) is 22.1 Å². The molecule has 0 saturated carbocycles. The molecule has 2 aromatic heterocycles. The summed E-state index contributed by atoms with van der Waals surface area (Å²) in [5.74, 6) is 1.82. The maximum atomic E-state index is 5.44. The molecule has 1 spiro atoms. The maximum absolute atomic E-state index is 5.44. The van der Waals surface area contributed by atoms with Crippen molar-refractivity contribution in [2.24, 2.45) is 0 Å². The molecule has 12 rings (SSSR count). The summed E-state index contributed by atoms with van der Waals surface area (Å²) in [5.41, 5.74) is 11.8. The van der Waals surface area contributed by atoms with Crippen LogP contribution in [0.1, 0.15) is 40.4 Å². The Hall–Kier alpha value is -6.49. The molecule has 4 heteroatoms. The van der Waals surface area contributed by atoms with Gasteiger partial charge < -0.3 is 0 Å². The molecule has 0 bridgehead atoms. The standard InChI is InChI=1S/C51H33N3S/c1-3-16-33(17-4-1)42-31-46(53-50(52-42)34-18-5-2-6-19-34)54-43-29-27-32-15-7-8-20-35(32)47(43)48-44(54)30-28-41-49(48)55-45-26-14-13-25-40(45)51(41)38-23-11-9-21-36(38)37-22-10-12-24-39(37)51/h1-18,20-31,34H,19H2. The van der Waals surface area contributed by atoms with E-state index in [1.165, 1.54) is 64.7 Å². The van der Waals surface area contributed by atoms with Gasteiger partial charge >= 0.3 is 0 Å². The molecule has 2 aliphatic carbocycles. The zero-order valence-electron chi connectivity index (χ0n) is 29.9. The first-order chi connectivity index (χ1) is 27.3. The third-order valence-corrected chi connectivity index (χ3v) is 13.2. The first-order valence-electron chi connectivity index (χ1n) is 19.0. The zero-order valence-corrected chi connectivity index (χ0v) is 30.7. The van der Waals surface area contributed by atoms with Crippen LogP contribution in [0.4, 0.5) is 0 Å². The fraction of sp³-hybridized carbons (Fsp3) is 0.0588. The largest absolute Gasteiger partial charge is 0.294 e. The van der Waals surface area contributed by atoms with Crippen LogP contribution in [0, 0.1) is 0 Å². The van der Waals surface area contributed by atoms with Crippen molar-refractivity contribution >= 4 is 44.3 Å². The predicted octanol–water partition coefficient (Wildman–Crippen LogP) is 12.8. The Kier molecular flexibility index (Phi) is 6.61. The van der Waals surface area contributed by atoms with Crippen molar-refractivity contribution in [3.05, 3.63) is 210 Å². The minimum absolute atomic E-state index is 0.100. The van der Waals surface area contributed by atoms with Gasteiger partial charge in [0.25, 0.3) is 0 Å². The van der Waals surface area contributed by atoms with E-state index in [0.29, 0.717) is 0 Å². The topological polar surface area (TPSA) is 30.7 Å². The van der Waals surface area contributed by atoms with Crippen LogP contribution in [0.5, 0.6) is 0 Å². The zero-order chi connectivity index (χ0) is 36.1. The van der Waals surface area contributed by atoms with Crippen LogP contribution in [0.15, 0.2) is 192 Å². The van der Waals surface area contributed by atoms with Gasteiger partial charge in [-0.25, -0.2) is 9.97 Å². The molecular formula is C51H33N3S. The van der Waals surface area contributed by atoms with Crippen LogP contribution in [-0.2, 0) is 5.41 Å². The molecule has 0 amide bonds. The van der Waals surface area contributed by atoms with Gasteiger partial charge in [-0.3, -0.25) is 4.57 Å². The maximum Gasteiger partial charge on any atom is 0.141 e. The Morgan fingerprint density at radius 2 is 1.27 bits per heavy atom. The van der Waals surface area contributed by atoms with Crippen molar-refractivity contribution in [2.75, 3.05) is 0 Å². The lowest BCUT2D eigenvalue weighted by Crippen LogP contribution is -2.32. The van der Waals surface area contributed by atoms with Gasteiger partial charge in [0.2, 0.25) is 0 Å². The quantitative estimate of drug-likeness (QED) is 0.182. The molecule has 3 nitrogen and oxygen atoms in total. The van der Waals surface area contributed by atoms with Crippen molar-refractivity contribution in [3.8, 4) is 28.2 Å². The summed E-state index contributed by atoms with van der Waals surface area (Å²) >= 11 is 1.92. The van der Waals surface area contributed by atoms with Crippen LogP contribution in [-0.4, -0.2) is 14.5 Å². The molecule has 3 aliphatic rings. The van der Waals surface area contributed by atoms with Gasteiger partial charge in [0.15, 0.2) is 0 Å². The van der Waals surface area contributed by atoms with Crippen molar-refractivity contribution in [1.82, 2.24) is 14.5 Å². The number of benzene rings is 7. The molecule has 55 heavy (non-hydrogen) atoms. The van der Waals surface area contributed by atoms with Crippen LogP contribution in [0.25, 0.3) is 60.8 Å². The lowest BCUT2D eigenvalue weighted by molar-refractivity contribution is 0.725. The molecule has 0 fully saturated rings. The molecular weight excluding hydrogens is 687 g/mol. The molecule has 1 atom stereocenters. The number of fused-ring (bicyclic) bond motifs is 15. The van der Waals surface area contributed by atoms with Gasteiger partial charge in [0.1, 0.15) is 11.6 Å². The molecule has 1 unspecified atom stereocenters. The van der Waals surface area contributed by atoms with E-state index < -0.39 is 5.41 Å². The third kappa shape index (κ3) is 4.29. The van der Waals surface area contributed by atoms with E-state index in [2.05, 4.69) is 187 Å². The lowest BCUT2D eigenvalue weighted by atomic mass is 9.67. The molecule has 0 saturated heterocycles. The van der Waals surface area contributed by atoms with E-state index in [-0.39, 0.29) is 5.92 Å². The van der Waals surface area contributed by atoms with Gasteiger partial charge in [-0.2, -0.15) is 0 Å². The summed E-state index contributed by atoms with van der Waals surface area (Å²) < 4.78 is 2.40. The van der Waals surface area contributed by atoms with Gasteiger partial charge in [-0.15, -0.1) is 0 Å². The van der Waals surface area contributed by atoms with Crippen molar-refractivity contribution in [2.45, 2.75) is 27.5 Å². The Balaban J connectivity index is 1.23. The molecule has 3 heterocycles. The summed E-state index contributed by atoms with van der Waals surface area (Å²) in [6.45, 7) is 0. The number of allylic oxidation sites excluding steroid dienone is 4. The van der Waals surface area contributed by atoms with E-state index in [0.717, 1.165) is 40.4 Å². The van der Waals surface area contributed by atoms with Crippen molar-refractivity contribution in [1.29, 1.82) is 0 Å². The smallest absolute Gasteiger partial charge is 0.141 e. The van der Waals surface area contributed by atoms with E-state index in [1.54, 1.807) is 0 Å². The van der Waals surface area contributed by atoms with Crippen molar-refractivity contribution < 1.29 is 0 Å². The normalized spacial score (nSPS) is 16.0. The SMILES string of the molecule is C1=CCC(c2nc(-c3ccccc3)cc(-n3c4ccc5c(c4c4c6ccccc6ccc43)Sc3ccccc3C53c4ccccc4-c4ccccc43)n2)C=C1. The Morgan fingerprint density at radius 3 is 2.07 bits per heavy atom. The highest BCUT2D eigenvalue weighted by Gasteiger charge is 2.50. The predicted molar refractivity (Wildman–Crippen MR) is 226 cm³/mol. The highest BCUT2D eigenvalue weighted by molar-refractivity contribution is 7.99. The minimum atomic E-state index is -0.457. The molecule has 258 valence electrons. The van der Waals surface area contributed by atoms with E-state index in [4.69, 9.17) is 9.97 Å². The number of aromatic nitrogens is 3. The molecule has 7 aromatic carbocycles. The third-order valence-electron chi connectivity index (χ3n) is 12.0. The molecule has 0 N–H and O–H groups in total. The van der Waals surface area contributed by atoms with Crippen molar-refractivity contribution in [3.63, 3.8) is 0 Å². The number of hydrogen-bond acceptors (Lipinski definition) is 3. The fourth-order valence-electron chi connectivity index (χ4n) is 9.68. The minimum Gasteiger partial charge on any atom is -0.294 e.